The van der Waals surface area contributed by atoms with E-state index in [2.05, 4.69) is 31.1 Å². The van der Waals surface area contributed by atoms with Crippen molar-refractivity contribution in [2.75, 3.05) is 20.2 Å². The monoisotopic (exact) mass is 226 g/mol. The fourth-order valence-corrected chi connectivity index (χ4v) is 3.43. The van der Waals surface area contributed by atoms with Crippen LogP contribution in [0, 0.1) is 0 Å². The van der Waals surface area contributed by atoms with Gasteiger partial charge in [-0.05, 0) is 39.8 Å². The number of nitrogens with zero attached hydrogens (tertiary/aromatic N) is 1. The number of likely N-dealkylation sites (N-methyl/N-ethyl adjacent to an activating group) is 2. The molecule has 1 aliphatic carbocycles. The average molecular weight is 226 g/mol. The minimum Gasteiger partial charge on any atom is -0.377 e. The van der Waals surface area contributed by atoms with Gasteiger partial charge in [-0.25, -0.2) is 0 Å². The van der Waals surface area contributed by atoms with Crippen LogP contribution in [0.15, 0.2) is 0 Å². The summed E-state index contributed by atoms with van der Waals surface area (Å²) >= 11 is 0. The van der Waals surface area contributed by atoms with Crippen LogP contribution in [0.25, 0.3) is 0 Å². The molecule has 94 valence electrons. The molecule has 0 amide bonds. The summed E-state index contributed by atoms with van der Waals surface area (Å²) < 4.78 is 5.68. The first-order chi connectivity index (χ1) is 7.74. The minimum atomic E-state index is 0.410. The highest BCUT2D eigenvalue weighted by Crippen LogP contribution is 2.28. The Bertz CT molecular complexity index is 222. The topological polar surface area (TPSA) is 24.5 Å². The molecule has 1 saturated heterocycles. The summed E-state index contributed by atoms with van der Waals surface area (Å²) in [5.74, 6) is 0. The van der Waals surface area contributed by atoms with Gasteiger partial charge in [0.25, 0.3) is 0 Å². The molecule has 3 nitrogen and oxygen atoms in total. The normalized spacial score (nSPS) is 39.8. The first-order valence-electron chi connectivity index (χ1n) is 6.81. The molecule has 1 aliphatic heterocycles. The fraction of sp³-hybridized carbons (Fsp3) is 1.00. The van der Waals surface area contributed by atoms with Gasteiger partial charge in [-0.2, -0.15) is 0 Å². The number of nitrogens with one attached hydrogen (secondary N) is 1. The lowest BCUT2D eigenvalue weighted by molar-refractivity contribution is 0.0629. The fourth-order valence-electron chi connectivity index (χ4n) is 3.43. The summed E-state index contributed by atoms with van der Waals surface area (Å²) in [6, 6.07) is 2.04. The minimum absolute atomic E-state index is 0.410. The van der Waals surface area contributed by atoms with Gasteiger partial charge in [-0.1, -0.05) is 13.3 Å². The van der Waals surface area contributed by atoms with Gasteiger partial charge >= 0.3 is 0 Å². The van der Waals surface area contributed by atoms with Crippen molar-refractivity contribution in [1.82, 2.24) is 10.2 Å². The van der Waals surface area contributed by atoms with Gasteiger partial charge in [0.15, 0.2) is 0 Å². The van der Waals surface area contributed by atoms with Gasteiger partial charge in [0.2, 0.25) is 0 Å². The van der Waals surface area contributed by atoms with E-state index in [0.29, 0.717) is 24.2 Å². The highest BCUT2D eigenvalue weighted by atomic mass is 16.5. The standard InChI is InChI=1S/C13H26N2O/c1-4-14-11-6-5-7-13(11)15(3)12-8-9-16-10(12)2/h10-14H,4-9H2,1-3H3. The third-order valence-electron chi connectivity index (χ3n) is 4.33. The molecule has 3 heteroatoms. The lowest BCUT2D eigenvalue weighted by Gasteiger charge is -2.35. The molecule has 16 heavy (non-hydrogen) atoms. The second-order valence-corrected chi connectivity index (χ2v) is 5.26. The Morgan fingerprint density at radius 1 is 1.25 bits per heavy atom. The lowest BCUT2D eigenvalue weighted by Crippen LogP contribution is -2.50. The van der Waals surface area contributed by atoms with Crippen molar-refractivity contribution in [3.05, 3.63) is 0 Å². The third-order valence-corrected chi connectivity index (χ3v) is 4.33. The zero-order valence-corrected chi connectivity index (χ0v) is 10.9. The molecule has 2 aliphatic rings. The Hall–Kier alpha value is -0.120. The van der Waals surface area contributed by atoms with E-state index in [4.69, 9.17) is 4.74 Å². The van der Waals surface area contributed by atoms with Crippen molar-refractivity contribution in [3.63, 3.8) is 0 Å². The van der Waals surface area contributed by atoms with Crippen molar-refractivity contribution in [1.29, 1.82) is 0 Å². The highest BCUT2D eigenvalue weighted by Gasteiger charge is 2.36. The van der Waals surface area contributed by atoms with Gasteiger partial charge in [-0.3, -0.25) is 4.90 Å². The molecule has 4 unspecified atom stereocenters. The zero-order valence-electron chi connectivity index (χ0n) is 10.9. The Morgan fingerprint density at radius 3 is 2.69 bits per heavy atom. The molecule has 2 rings (SSSR count). The van der Waals surface area contributed by atoms with Crippen molar-refractivity contribution in [2.24, 2.45) is 0 Å². The quantitative estimate of drug-likeness (QED) is 0.788. The average Bonchev–Trinajstić information content (AvgIpc) is 2.87. The molecule has 1 N–H and O–H groups in total. The van der Waals surface area contributed by atoms with E-state index in [1.165, 1.54) is 25.7 Å². The van der Waals surface area contributed by atoms with E-state index in [0.717, 1.165) is 13.2 Å². The molecule has 1 saturated carbocycles. The van der Waals surface area contributed by atoms with Crippen molar-refractivity contribution < 1.29 is 4.74 Å². The maximum absolute atomic E-state index is 5.68. The first kappa shape index (κ1) is 12.3. The molecule has 0 radical (unpaired) electrons. The van der Waals surface area contributed by atoms with Crippen LogP contribution in [0.2, 0.25) is 0 Å². The molecule has 0 aromatic rings. The van der Waals surface area contributed by atoms with E-state index < -0.39 is 0 Å². The molecular weight excluding hydrogens is 200 g/mol. The first-order valence-corrected chi connectivity index (χ1v) is 6.81. The SMILES string of the molecule is CCNC1CCCC1N(C)C1CCOC1C. The van der Waals surface area contributed by atoms with Crippen LogP contribution in [0.5, 0.6) is 0 Å². The van der Waals surface area contributed by atoms with E-state index in [1.807, 2.05) is 0 Å². The van der Waals surface area contributed by atoms with Crippen LogP contribution in [-0.4, -0.2) is 49.3 Å². The molecule has 2 fully saturated rings. The molecule has 0 aromatic heterocycles. The predicted octanol–water partition coefficient (Wildman–Crippen LogP) is 1.63. The predicted molar refractivity (Wildman–Crippen MR) is 66.7 cm³/mol. The summed E-state index contributed by atoms with van der Waals surface area (Å²) in [6.07, 6.45) is 5.66. The highest BCUT2D eigenvalue weighted by molar-refractivity contribution is 4.93. The van der Waals surface area contributed by atoms with E-state index >= 15 is 0 Å². The number of hydrogen-bond donors (Lipinski definition) is 1. The third kappa shape index (κ3) is 2.41. The second kappa shape index (κ2) is 5.48. The van der Waals surface area contributed by atoms with E-state index in [-0.39, 0.29) is 0 Å². The smallest absolute Gasteiger partial charge is 0.0703 e. The van der Waals surface area contributed by atoms with Crippen molar-refractivity contribution >= 4 is 0 Å². The summed E-state index contributed by atoms with van der Waals surface area (Å²) in [6.45, 7) is 6.45. The number of rotatable bonds is 4. The van der Waals surface area contributed by atoms with Crippen LogP contribution in [0.4, 0.5) is 0 Å². The molecule has 0 aromatic carbocycles. The van der Waals surface area contributed by atoms with Crippen molar-refractivity contribution in [2.45, 2.75) is 63.8 Å². The molecule has 1 heterocycles. The van der Waals surface area contributed by atoms with Crippen LogP contribution >= 0.6 is 0 Å². The lowest BCUT2D eigenvalue weighted by atomic mass is 10.0. The Kier molecular flexibility index (Phi) is 4.22. The van der Waals surface area contributed by atoms with E-state index in [1.54, 1.807) is 0 Å². The van der Waals surface area contributed by atoms with Crippen LogP contribution < -0.4 is 5.32 Å². The summed E-state index contributed by atoms with van der Waals surface area (Å²) in [7, 11) is 2.29. The molecule has 0 spiro atoms. The number of ether oxygens (including phenoxy) is 1. The van der Waals surface area contributed by atoms with Gasteiger partial charge in [0, 0.05) is 24.7 Å². The maximum Gasteiger partial charge on any atom is 0.0703 e. The van der Waals surface area contributed by atoms with Gasteiger partial charge < -0.3 is 10.1 Å². The number of hydrogen-bond acceptors (Lipinski definition) is 3. The summed E-state index contributed by atoms with van der Waals surface area (Å²) in [5.41, 5.74) is 0. The molecule has 4 atom stereocenters. The van der Waals surface area contributed by atoms with E-state index in [9.17, 15) is 0 Å². The second-order valence-electron chi connectivity index (χ2n) is 5.26. The van der Waals surface area contributed by atoms with Crippen LogP contribution in [-0.2, 0) is 4.74 Å². The van der Waals surface area contributed by atoms with Crippen LogP contribution in [0.1, 0.15) is 39.5 Å². The van der Waals surface area contributed by atoms with Gasteiger partial charge in [0.1, 0.15) is 0 Å². The molecular formula is C13H26N2O. The Labute approximate surface area is 99.5 Å². The van der Waals surface area contributed by atoms with Gasteiger partial charge in [0.05, 0.1) is 6.10 Å². The summed E-state index contributed by atoms with van der Waals surface area (Å²) in [4.78, 5) is 2.58. The van der Waals surface area contributed by atoms with Crippen LogP contribution in [0.3, 0.4) is 0 Å². The summed E-state index contributed by atoms with van der Waals surface area (Å²) in [5, 5.41) is 3.63. The zero-order chi connectivity index (χ0) is 11.5. The maximum atomic E-state index is 5.68. The van der Waals surface area contributed by atoms with Gasteiger partial charge in [-0.15, -0.1) is 0 Å². The Balaban J connectivity index is 1.94. The largest absolute Gasteiger partial charge is 0.377 e. The molecule has 0 bridgehead atoms. The van der Waals surface area contributed by atoms with Crippen molar-refractivity contribution in [3.8, 4) is 0 Å². The Morgan fingerprint density at radius 2 is 2.06 bits per heavy atom.